The highest BCUT2D eigenvalue weighted by Crippen LogP contribution is 2.39. The van der Waals surface area contributed by atoms with Gasteiger partial charge in [0.15, 0.2) is 0 Å². The molecule has 2 aliphatic heterocycles. The van der Waals surface area contributed by atoms with Gasteiger partial charge in [0.1, 0.15) is 5.41 Å². The monoisotopic (exact) mass is 382 g/mol. The minimum absolute atomic E-state index is 0. The van der Waals surface area contributed by atoms with Crippen molar-refractivity contribution in [3.8, 4) is 6.07 Å². The molecule has 0 amide bonds. The average molecular weight is 383 g/mol. The normalized spacial score (nSPS) is 24.8. The molecular formula is C23H27ClN2O. The number of benzene rings is 2. The molecule has 3 fully saturated rings. The Morgan fingerprint density at radius 3 is 2.07 bits per heavy atom. The standard InChI is InChI=1S/C23H26N2O.ClH/c24-17-23(19-7-3-1-4-8-19,20-9-5-2-6-10-20)13-14-25-16-18-11-12-21(25)22(26)15-18;/h1-10,18,21-22,26H,11-16H2;1H. The molecule has 3 nitrogen and oxygen atoms in total. The van der Waals surface area contributed by atoms with Gasteiger partial charge in [-0.2, -0.15) is 5.26 Å². The lowest BCUT2D eigenvalue weighted by atomic mass is 9.72. The van der Waals surface area contributed by atoms with Crippen molar-refractivity contribution in [3.05, 3.63) is 71.8 Å². The molecular weight excluding hydrogens is 356 g/mol. The number of hydrogen-bond acceptors (Lipinski definition) is 3. The molecule has 1 N–H and O–H groups in total. The van der Waals surface area contributed by atoms with Crippen molar-refractivity contribution in [3.63, 3.8) is 0 Å². The molecule has 142 valence electrons. The fraction of sp³-hybridized carbons (Fsp3) is 0.435. The van der Waals surface area contributed by atoms with Crippen molar-refractivity contribution in [2.24, 2.45) is 5.92 Å². The van der Waals surface area contributed by atoms with Crippen LogP contribution in [0, 0.1) is 17.2 Å². The van der Waals surface area contributed by atoms with Gasteiger partial charge in [0.25, 0.3) is 0 Å². The van der Waals surface area contributed by atoms with Gasteiger partial charge < -0.3 is 5.11 Å². The maximum Gasteiger partial charge on any atom is 0.108 e. The number of piperidine rings is 2. The number of aliphatic hydroxyl groups excluding tert-OH is 1. The number of nitriles is 1. The van der Waals surface area contributed by atoms with Crippen LogP contribution in [0.4, 0.5) is 0 Å². The molecule has 2 heterocycles. The quantitative estimate of drug-likeness (QED) is 0.844. The van der Waals surface area contributed by atoms with Crippen molar-refractivity contribution in [1.82, 2.24) is 4.90 Å². The van der Waals surface area contributed by atoms with Gasteiger partial charge in [-0.3, -0.25) is 4.90 Å². The van der Waals surface area contributed by atoms with E-state index < -0.39 is 5.41 Å². The highest BCUT2D eigenvalue weighted by molar-refractivity contribution is 5.85. The van der Waals surface area contributed by atoms with E-state index in [-0.39, 0.29) is 24.6 Å². The summed E-state index contributed by atoms with van der Waals surface area (Å²) in [6.45, 7) is 1.91. The molecule has 4 heteroatoms. The second-order valence-corrected chi connectivity index (χ2v) is 7.81. The van der Waals surface area contributed by atoms with Crippen molar-refractivity contribution in [1.29, 1.82) is 5.26 Å². The van der Waals surface area contributed by atoms with E-state index >= 15 is 0 Å². The van der Waals surface area contributed by atoms with Gasteiger partial charge >= 0.3 is 0 Å². The van der Waals surface area contributed by atoms with Crippen LogP contribution in [0.1, 0.15) is 36.8 Å². The molecule has 3 aliphatic rings. The summed E-state index contributed by atoms with van der Waals surface area (Å²) in [4.78, 5) is 2.43. The molecule has 0 spiro atoms. The van der Waals surface area contributed by atoms with E-state index in [4.69, 9.17) is 0 Å². The lowest BCUT2D eigenvalue weighted by Gasteiger charge is -2.48. The highest BCUT2D eigenvalue weighted by atomic mass is 35.5. The summed E-state index contributed by atoms with van der Waals surface area (Å²) >= 11 is 0. The van der Waals surface area contributed by atoms with Crippen LogP contribution in [-0.4, -0.2) is 35.2 Å². The number of nitrogens with zero attached hydrogens (tertiary/aromatic N) is 2. The third-order valence-corrected chi connectivity index (χ3v) is 6.35. The Morgan fingerprint density at radius 2 is 1.59 bits per heavy atom. The van der Waals surface area contributed by atoms with Crippen molar-refractivity contribution in [2.75, 3.05) is 13.1 Å². The van der Waals surface area contributed by atoms with E-state index in [1.54, 1.807) is 0 Å². The van der Waals surface area contributed by atoms with Crippen LogP contribution in [0.5, 0.6) is 0 Å². The summed E-state index contributed by atoms with van der Waals surface area (Å²) in [7, 11) is 0. The maximum atomic E-state index is 10.4. The molecule has 5 rings (SSSR count). The maximum absolute atomic E-state index is 10.4. The molecule has 2 bridgehead atoms. The predicted molar refractivity (Wildman–Crippen MR) is 110 cm³/mol. The third-order valence-electron chi connectivity index (χ3n) is 6.35. The molecule has 2 saturated heterocycles. The zero-order chi connectivity index (χ0) is 18.0. The summed E-state index contributed by atoms with van der Waals surface area (Å²) in [5.41, 5.74) is 1.46. The molecule has 1 saturated carbocycles. The number of fused-ring (bicyclic) bond motifs is 3. The Bertz CT molecular complexity index is 734. The summed E-state index contributed by atoms with van der Waals surface area (Å²) in [5, 5.41) is 20.7. The van der Waals surface area contributed by atoms with Crippen LogP contribution in [-0.2, 0) is 5.41 Å². The first-order valence-corrected chi connectivity index (χ1v) is 9.67. The number of aliphatic hydroxyl groups is 1. The van der Waals surface area contributed by atoms with Gasteiger partial charge in [-0.1, -0.05) is 60.7 Å². The Hall–Kier alpha value is -1.86. The molecule has 0 radical (unpaired) electrons. The van der Waals surface area contributed by atoms with Crippen LogP contribution in [0.2, 0.25) is 0 Å². The molecule has 3 atom stereocenters. The van der Waals surface area contributed by atoms with E-state index in [0.717, 1.165) is 43.5 Å². The van der Waals surface area contributed by atoms with Crippen LogP contribution >= 0.6 is 12.4 Å². The van der Waals surface area contributed by atoms with Crippen molar-refractivity contribution >= 4 is 12.4 Å². The Balaban J connectivity index is 0.00000210. The number of rotatable bonds is 5. The Kier molecular flexibility index (Phi) is 6.22. The fourth-order valence-electron chi connectivity index (χ4n) is 4.93. The minimum atomic E-state index is -0.649. The predicted octanol–water partition coefficient (Wildman–Crippen LogP) is 4.15. The van der Waals surface area contributed by atoms with Crippen molar-refractivity contribution < 1.29 is 5.11 Å². The fourth-order valence-corrected chi connectivity index (χ4v) is 4.93. The summed E-state index contributed by atoms with van der Waals surface area (Å²) in [6.07, 6.45) is 3.81. The third kappa shape index (κ3) is 3.75. The topological polar surface area (TPSA) is 47.3 Å². The highest BCUT2D eigenvalue weighted by Gasteiger charge is 2.41. The molecule has 3 unspecified atom stereocenters. The average Bonchev–Trinajstić information content (AvgIpc) is 2.71. The van der Waals surface area contributed by atoms with Crippen LogP contribution in [0.3, 0.4) is 0 Å². The number of halogens is 1. The van der Waals surface area contributed by atoms with Gasteiger partial charge in [-0.25, -0.2) is 0 Å². The zero-order valence-corrected chi connectivity index (χ0v) is 16.3. The smallest absolute Gasteiger partial charge is 0.108 e. The lowest BCUT2D eigenvalue weighted by molar-refractivity contribution is -0.0554. The summed E-state index contributed by atoms with van der Waals surface area (Å²) < 4.78 is 0. The first-order chi connectivity index (χ1) is 12.7. The summed E-state index contributed by atoms with van der Waals surface area (Å²) in [6, 6.07) is 23.2. The van der Waals surface area contributed by atoms with E-state index in [9.17, 15) is 10.4 Å². The first-order valence-electron chi connectivity index (χ1n) is 9.67. The van der Waals surface area contributed by atoms with E-state index in [0.29, 0.717) is 5.92 Å². The molecule has 2 aromatic carbocycles. The zero-order valence-electron chi connectivity index (χ0n) is 15.5. The lowest BCUT2D eigenvalue weighted by Crippen LogP contribution is -2.56. The van der Waals surface area contributed by atoms with Crippen LogP contribution in [0.25, 0.3) is 0 Å². The van der Waals surface area contributed by atoms with Gasteiger partial charge in [-0.15, -0.1) is 12.4 Å². The second-order valence-electron chi connectivity index (χ2n) is 7.81. The first kappa shape index (κ1) is 19.9. The number of hydrogen-bond donors (Lipinski definition) is 1. The van der Waals surface area contributed by atoms with Gasteiger partial charge in [-0.05, 0) is 42.7 Å². The Labute approximate surface area is 168 Å². The van der Waals surface area contributed by atoms with Gasteiger partial charge in [0.05, 0.1) is 12.2 Å². The molecule has 0 aromatic heterocycles. The van der Waals surface area contributed by atoms with Gasteiger partial charge in [0.2, 0.25) is 0 Å². The van der Waals surface area contributed by atoms with E-state index in [2.05, 4.69) is 35.2 Å². The van der Waals surface area contributed by atoms with Gasteiger partial charge in [0, 0.05) is 19.1 Å². The SMILES string of the molecule is Cl.N#CC(CCN1CC2CCC1C(O)C2)(c1ccccc1)c1ccccc1. The van der Waals surface area contributed by atoms with Crippen LogP contribution < -0.4 is 0 Å². The van der Waals surface area contributed by atoms with Crippen LogP contribution in [0.15, 0.2) is 60.7 Å². The van der Waals surface area contributed by atoms with Crippen molar-refractivity contribution in [2.45, 2.75) is 43.2 Å². The second kappa shape index (κ2) is 8.44. The molecule has 1 aliphatic carbocycles. The molecule has 2 aromatic rings. The molecule has 27 heavy (non-hydrogen) atoms. The Morgan fingerprint density at radius 1 is 1.00 bits per heavy atom. The van der Waals surface area contributed by atoms with E-state index in [1.165, 1.54) is 6.42 Å². The minimum Gasteiger partial charge on any atom is -0.391 e. The largest absolute Gasteiger partial charge is 0.391 e. The van der Waals surface area contributed by atoms with E-state index in [1.807, 2.05) is 36.4 Å². The summed E-state index contributed by atoms with van der Waals surface area (Å²) in [5.74, 6) is 0.611.